The van der Waals surface area contributed by atoms with Crippen molar-refractivity contribution in [2.24, 2.45) is 0 Å². The topological polar surface area (TPSA) is 84.0 Å². The zero-order chi connectivity index (χ0) is 18.6. The Morgan fingerprint density at radius 2 is 1.81 bits per heavy atom. The summed E-state index contributed by atoms with van der Waals surface area (Å²) < 4.78 is 14.8. The van der Waals surface area contributed by atoms with Crippen LogP contribution in [0.1, 0.15) is 18.5 Å². The van der Waals surface area contributed by atoms with E-state index in [9.17, 15) is 9.00 Å². The molecule has 0 saturated heterocycles. The van der Waals surface area contributed by atoms with Crippen molar-refractivity contribution in [1.29, 1.82) is 0 Å². The third-order valence-electron chi connectivity index (χ3n) is 4.09. The van der Waals surface area contributed by atoms with Gasteiger partial charge in [-0.15, -0.1) is 11.3 Å². The van der Waals surface area contributed by atoms with E-state index in [1.807, 2.05) is 41.8 Å². The third kappa shape index (κ3) is 4.78. The third-order valence-corrected chi connectivity index (χ3v) is 6.50. The van der Waals surface area contributed by atoms with Gasteiger partial charge >= 0.3 is 0 Å². The predicted octanol–water partition coefficient (Wildman–Crippen LogP) is 3.62. The van der Waals surface area contributed by atoms with Crippen LogP contribution in [-0.2, 0) is 22.2 Å². The van der Waals surface area contributed by atoms with Crippen molar-refractivity contribution in [2.75, 3.05) is 10.0 Å². The standard InChI is InChI=1S/C19H18N4O2S2/c24-18(11-16-12-26-19(22-16)23-27(25)17-5-6-17)21-15-3-1-13(2-4-15)14-7-9-20-10-8-14/h1-4,7-10,12,17H,5-6,11H2,(H,21,24)(H,22,23). The fraction of sp³-hybridized carbons (Fsp3) is 0.211. The van der Waals surface area contributed by atoms with Crippen molar-refractivity contribution in [3.63, 3.8) is 0 Å². The molecule has 2 heterocycles. The molecule has 8 heteroatoms. The van der Waals surface area contributed by atoms with E-state index in [1.165, 1.54) is 11.3 Å². The molecule has 1 amide bonds. The number of nitrogens with zero attached hydrogens (tertiary/aromatic N) is 2. The first-order valence-corrected chi connectivity index (χ1v) is 10.7. The number of aromatic nitrogens is 2. The van der Waals surface area contributed by atoms with Gasteiger partial charge in [0.15, 0.2) is 5.13 Å². The Hall–Kier alpha value is -2.58. The Bertz CT molecular complexity index is 953. The highest BCUT2D eigenvalue weighted by Crippen LogP contribution is 2.28. The minimum absolute atomic E-state index is 0.133. The van der Waals surface area contributed by atoms with Crippen molar-refractivity contribution < 1.29 is 9.00 Å². The van der Waals surface area contributed by atoms with Crippen LogP contribution in [0, 0.1) is 0 Å². The van der Waals surface area contributed by atoms with E-state index < -0.39 is 11.0 Å². The molecule has 1 aliphatic carbocycles. The first kappa shape index (κ1) is 17.8. The number of rotatable bonds is 7. The molecule has 138 valence electrons. The summed E-state index contributed by atoms with van der Waals surface area (Å²) in [5.41, 5.74) is 3.55. The lowest BCUT2D eigenvalue weighted by molar-refractivity contribution is -0.115. The number of carbonyl (C=O) groups excluding carboxylic acids is 1. The largest absolute Gasteiger partial charge is 0.326 e. The fourth-order valence-electron chi connectivity index (χ4n) is 2.55. The van der Waals surface area contributed by atoms with Crippen LogP contribution in [0.5, 0.6) is 0 Å². The Kier molecular flexibility index (Phi) is 5.26. The van der Waals surface area contributed by atoms with Gasteiger partial charge in [0.25, 0.3) is 0 Å². The lowest BCUT2D eigenvalue weighted by atomic mass is 10.1. The summed E-state index contributed by atoms with van der Waals surface area (Å²) in [5, 5.41) is 5.55. The molecule has 0 bridgehead atoms. The van der Waals surface area contributed by atoms with Gasteiger partial charge in [0.05, 0.1) is 17.4 Å². The molecule has 4 rings (SSSR count). The summed E-state index contributed by atoms with van der Waals surface area (Å²) in [6, 6.07) is 11.6. The van der Waals surface area contributed by atoms with Crippen molar-refractivity contribution in [2.45, 2.75) is 24.5 Å². The number of hydrogen-bond donors (Lipinski definition) is 2. The van der Waals surface area contributed by atoms with Crippen LogP contribution in [0.4, 0.5) is 10.8 Å². The van der Waals surface area contributed by atoms with Crippen LogP contribution in [0.15, 0.2) is 54.2 Å². The Morgan fingerprint density at radius 3 is 2.52 bits per heavy atom. The van der Waals surface area contributed by atoms with Gasteiger partial charge < -0.3 is 5.32 Å². The van der Waals surface area contributed by atoms with Crippen LogP contribution in [-0.4, -0.2) is 25.3 Å². The molecule has 0 spiro atoms. The maximum absolute atomic E-state index is 12.3. The Labute approximate surface area is 163 Å². The minimum atomic E-state index is -1.07. The van der Waals surface area contributed by atoms with Crippen molar-refractivity contribution in [1.82, 2.24) is 9.97 Å². The molecular weight excluding hydrogens is 380 g/mol. The first-order chi connectivity index (χ1) is 13.2. The number of thiazole rings is 1. The average molecular weight is 399 g/mol. The van der Waals surface area contributed by atoms with Gasteiger partial charge in [-0.3, -0.25) is 14.5 Å². The second-order valence-corrected chi connectivity index (χ2v) is 8.60. The Balaban J connectivity index is 1.32. The maximum Gasteiger partial charge on any atom is 0.230 e. The van der Waals surface area contributed by atoms with E-state index in [0.29, 0.717) is 10.8 Å². The molecule has 1 unspecified atom stereocenters. The van der Waals surface area contributed by atoms with E-state index >= 15 is 0 Å². The highest BCUT2D eigenvalue weighted by atomic mass is 32.2. The van der Waals surface area contributed by atoms with E-state index in [-0.39, 0.29) is 17.6 Å². The lowest BCUT2D eigenvalue weighted by Crippen LogP contribution is -2.14. The van der Waals surface area contributed by atoms with Crippen LogP contribution >= 0.6 is 11.3 Å². The zero-order valence-electron chi connectivity index (χ0n) is 14.4. The Morgan fingerprint density at radius 1 is 1.11 bits per heavy atom. The van der Waals surface area contributed by atoms with Gasteiger partial charge in [0, 0.05) is 23.5 Å². The smallest absolute Gasteiger partial charge is 0.230 e. The molecule has 1 aromatic carbocycles. The highest BCUT2D eigenvalue weighted by Gasteiger charge is 2.29. The van der Waals surface area contributed by atoms with E-state index in [2.05, 4.69) is 20.0 Å². The fourth-order valence-corrected chi connectivity index (χ4v) is 4.49. The molecule has 1 aliphatic rings. The molecule has 6 nitrogen and oxygen atoms in total. The number of carbonyl (C=O) groups is 1. The van der Waals surface area contributed by atoms with Gasteiger partial charge in [-0.1, -0.05) is 12.1 Å². The molecule has 27 heavy (non-hydrogen) atoms. The van der Waals surface area contributed by atoms with Gasteiger partial charge in [-0.05, 0) is 48.2 Å². The lowest BCUT2D eigenvalue weighted by Gasteiger charge is -2.06. The second-order valence-electron chi connectivity index (χ2n) is 6.28. The molecule has 1 atom stereocenters. The summed E-state index contributed by atoms with van der Waals surface area (Å²) in [6.07, 6.45) is 5.69. The predicted molar refractivity (Wildman–Crippen MR) is 109 cm³/mol. The molecular formula is C19H18N4O2S2. The first-order valence-electron chi connectivity index (χ1n) is 8.59. The molecule has 0 radical (unpaired) electrons. The van der Waals surface area contributed by atoms with Gasteiger partial charge in [0.1, 0.15) is 11.0 Å². The average Bonchev–Trinajstić information content (AvgIpc) is 3.45. The van der Waals surface area contributed by atoms with Gasteiger partial charge in [-0.2, -0.15) is 0 Å². The number of pyridine rings is 1. The number of benzene rings is 1. The molecule has 2 aromatic heterocycles. The second kappa shape index (κ2) is 7.98. The maximum atomic E-state index is 12.3. The molecule has 3 aromatic rings. The number of anilines is 2. The molecule has 1 fully saturated rings. The van der Waals surface area contributed by atoms with E-state index in [1.54, 1.807) is 12.4 Å². The van der Waals surface area contributed by atoms with Crippen molar-refractivity contribution >= 4 is 39.0 Å². The highest BCUT2D eigenvalue weighted by molar-refractivity contribution is 7.87. The molecule has 0 aliphatic heterocycles. The van der Waals surface area contributed by atoms with Crippen LogP contribution in [0.2, 0.25) is 0 Å². The van der Waals surface area contributed by atoms with E-state index in [0.717, 1.165) is 29.7 Å². The van der Waals surface area contributed by atoms with E-state index in [4.69, 9.17) is 0 Å². The van der Waals surface area contributed by atoms with Crippen LogP contribution < -0.4 is 10.0 Å². The SMILES string of the molecule is O=C(Cc1csc(NS(=O)C2CC2)n1)Nc1ccc(-c2ccncc2)cc1. The molecule has 2 N–H and O–H groups in total. The molecule has 1 saturated carbocycles. The van der Waals surface area contributed by atoms with Crippen LogP contribution in [0.3, 0.4) is 0 Å². The summed E-state index contributed by atoms with van der Waals surface area (Å²) in [5.74, 6) is -0.133. The van der Waals surface area contributed by atoms with Crippen molar-refractivity contribution in [3.8, 4) is 11.1 Å². The number of hydrogen-bond acceptors (Lipinski definition) is 5. The zero-order valence-corrected chi connectivity index (χ0v) is 16.1. The summed E-state index contributed by atoms with van der Waals surface area (Å²) in [7, 11) is -1.07. The van der Waals surface area contributed by atoms with Crippen molar-refractivity contribution in [3.05, 3.63) is 59.9 Å². The number of amides is 1. The number of nitrogens with one attached hydrogen (secondary N) is 2. The summed E-state index contributed by atoms with van der Waals surface area (Å²) in [6.45, 7) is 0. The normalized spacial score (nSPS) is 14.5. The quantitative estimate of drug-likeness (QED) is 0.637. The van der Waals surface area contributed by atoms with Crippen LogP contribution in [0.25, 0.3) is 11.1 Å². The van der Waals surface area contributed by atoms with Gasteiger partial charge in [0.2, 0.25) is 5.91 Å². The summed E-state index contributed by atoms with van der Waals surface area (Å²) >= 11 is 1.37. The van der Waals surface area contributed by atoms with Gasteiger partial charge in [-0.25, -0.2) is 9.19 Å². The summed E-state index contributed by atoms with van der Waals surface area (Å²) in [4.78, 5) is 20.6. The minimum Gasteiger partial charge on any atom is -0.326 e. The monoisotopic (exact) mass is 398 g/mol.